The van der Waals surface area contributed by atoms with Crippen LogP contribution in [-0.2, 0) is 29.5 Å². The van der Waals surface area contributed by atoms with E-state index in [1.165, 1.54) is 19.1 Å². The molecule has 12 nitrogen and oxygen atoms in total. The number of aliphatic hydroxyl groups is 1. The Hall–Kier alpha value is -2.97. The summed E-state index contributed by atoms with van der Waals surface area (Å²) in [5.41, 5.74) is -4.42. The van der Waals surface area contributed by atoms with Crippen LogP contribution < -0.4 is 20.9 Å². The van der Waals surface area contributed by atoms with Crippen molar-refractivity contribution < 1.29 is 46.2 Å². The zero-order valence-corrected chi connectivity index (χ0v) is 19.8. The third-order valence-electron chi connectivity index (χ3n) is 5.07. The predicted molar refractivity (Wildman–Crippen MR) is 116 cm³/mol. The molecular formula is C20H23F3N3O9P. The fourth-order valence-corrected chi connectivity index (χ4v) is 4.79. The van der Waals surface area contributed by atoms with E-state index in [1.54, 1.807) is 23.2 Å². The number of aromatic amines is 1. The maximum Gasteiger partial charge on any atom is 0.459 e. The van der Waals surface area contributed by atoms with Crippen LogP contribution in [0.1, 0.15) is 25.1 Å². The Labute approximate surface area is 201 Å². The highest BCUT2D eigenvalue weighted by atomic mass is 31.2. The average Bonchev–Trinajstić information content (AvgIpc) is 3.17. The highest BCUT2D eigenvalue weighted by molar-refractivity contribution is 7.52. The van der Waals surface area contributed by atoms with Crippen molar-refractivity contribution in [2.24, 2.45) is 0 Å². The zero-order valence-electron chi connectivity index (χ0n) is 18.9. The lowest BCUT2D eigenvalue weighted by Crippen LogP contribution is -2.37. The molecule has 1 aromatic carbocycles. The Balaban J connectivity index is 1.77. The molecule has 0 radical (unpaired) electrons. The number of hydrogen-bond acceptors (Lipinski definition) is 9. The van der Waals surface area contributed by atoms with E-state index in [0.717, 1.165) is 7.11 Å². The summed E-state index contributed by atoms with van der Waals surface area (Å²) in [6, 6.07) is 6.67. The number of aromatic nitrogens is 2. The topological polar surface area (TPSA) is 158 Å². The van der Waals surface area contributed by atoms with E-state index in [9.17, 15) is 37.2 Å². The largest absolute Gasteiger partial charge is 0.468 e. The molecule has 16 heteroatoms. The first kappa shape index (κ1) is 27.6. The van der Waals surface area contributed by atoms with Crippen LogP contribution in [0.15, 0.2) is 46.1 Å². The lowest BCUT2D eigenvalue weighted by atomic mass is 10.2. The Morgan fingerprint density at radius 2 is 2.00 bits per heavy atom. The van der Waals surface area contributed by atoms with Gasteiger partial charge in [-0.1, -0.05) is 18.2 Å². The van der Waals surface area contributed by atoms with E-state index < -0.39 is 67.8 Å². The van der Waals surface area contributed by atoms with E-state index >= 15 is 0 Å². The second-order valence-corrected chi connectivity index (χ2v) is 9.40. The summed E-state index contributed by atoms with van der Waals surface area (Å²) in [4.78, 5) is 37.0. The quantitative estimate of drug-likeness (QED) is 0.317. The van der Waals surface area contributed by atoms with Gasteiger partial charge in [-0.25, -0.2) is 9.36 Å². The Morgan fingerprint density at radius 3 is 2.61 bits per heavy atom. The number of esters is 1. The Bertz CT molecular complexity index is 1230. The van der Waals surface area contributed by atoms with E-state index in [4.69, 9.17) is 13.8 Å². The van der Waals surface area contributed by atoms with Crippen LogP contribution in [0.4, 0.5) is 13.2 Å². The van der Waals surface area contributed by atoms with Crippen LogP contribution in [0.25, 0.3) is 0 Å². The third kappa shape index (κ3) is 6.62. The zero-order chi connectivity index (χ0) is 26.7. The highest BCUT2D eigenvalue weighted by Crippen LogP contribution is 2.46. The van der Waals surface area contributed by atoms with Crippen molar-refractivity contribution in [3.05, 3.63) is 62.9 Å². The van der Waals surface area contributed by atoms with Crippen LogP contribution in [0, 0.1) is 0 Å². The van der Waals surface area contributed by atoms with E-state index in [0.29, 0.717) is 10.8 Å². The lowest BCUT2D eigenvalue weighted by Gasteiger charge is -2.24. The van der Waals surface area contributed by atoms with Crippen LogP contribution in [0.2, 0.25) is 0 Å². The smallest absolute Gasteiger partial charge is 0.459 e. The standard InChI is InChI=1S/C20H23F3N3O9P/c1-11(18(29)32-2)25-36(31,35-12-6-4-3-5-7-12)33-10-15-14(27)8-16(34-15)26-9-13(20(21,22)23)17(28)24-19(26)30/h3-7,9,11,14-16,27H,8,10H2,1-2H3,(H,25,31)(H,24,28,30)/t11-,14?,15+,16+,36?/m0/s1. The van der Waals surface area contributed by atoms with Gasteiger partial charge >= 0.3 is 25.6 Å². The molecule has 1 saturated heterocycles. The number of carbonyl (C=O) groups excluding carboxylic acids is 1. The second-order valence-electron chi connectivity index (χ2n) is 7.71. The van der Waals surface area contributed by atoms with Crippen molar-refractivity contribution in [1.29, 1.82) is 0 Å². The summed E-state index contributed by atoms with van der Waals surface area (Å²) >= 11 is 0. The summed E-state index contributed by atoms with van der Waals surface area (Å²) in [5.74, 6) is -0.652. The fraction of sp³-hybridized carbons (Fsp3) is 0.450. The molecule has 2 aromatic rings. The summed E-state index contributed by atoms with van der Waals surface area (Å²) in [5, 5.41) is 12.7. The van der Waals surface area contributed by atoms with E-state index in [2.05, 4.69) is 9.82 Å². The number of benzene rings is 1. The van der Waals surface area contributed by atoms with Gasteiger partial charge in [0.1, 0.15) is 29.7 Å². The molecule has 1 aliphatic heterocycles. The van der Waals surface area contributed by atoms with Gasteiger partial charge in [0.15, 0.2) is 0 Å². The molecule has 0 aliphatic carbocycles. The van der Waals surface area contributed by atoms with Crippen molar-refractivity contribution >= 4 is 13.7 Å². The molecule has 3 N–H and O–H groups in total. The molecule has 1 fully saturated rings. The summed E-state index contributed by atoms with van der Waals surface area (Å²) in [6.07, 6.45) is -9.09. The predicted octanol–water partition coefficient (Wildman–Crippen LogP) is 1.56. The molecule has 2 heterocycles. The molecule has 198 valence electrons. The minimum absolute atomic E-state index is 0.121. The minimum Gasteiger partial charge on any atom is -0.468 e. The van der Waals surface area contributed by atoms with Gasteiger partial charge in [-0.2, -0.15) is 18.3 Å². The first-order chi connectivity index (χ1) is 16.8. The number of nitrogens with one attached hydrogen (secondary N) is 2. The lowest BCUT2D eigenvalue weighted by molar-refractivity contribution is -0.142. The van der Waals surface area contributed by atoms with Crippen LogP contribution >= 0.6 is 7.75 Å². The van der Waals surface area contributed by atoms with Crippen molar-refractivity contribution in [2.75, 3.05) is 13.7 Å². The normalized spacial score (nSPS) is 22.6. The molecule has 0 bridgehead atoms. The Kier molecular flexibility index (Phi) is 8.41. The van der Waals surface area contributed by atoms with E-state index in [-0.39, 0.29) is 12.2 Å². The molecule has 3 rings (SSSR count). The van der Waals surface area contributed by atoms with Gasteiger partial charge < -0.3 is 19.1 Å². The number of aliphatic hydroxyl groups excluding tert-OH is 1. The van der Waals surface area contributed by atoms with Crippen molar-refractivity contribution in [3.63, 3.8) is 0 Å². The summed E-state index contributed by atoms with van der Waals surface area (Å²) < 4.78 is 73.9. The summed E-state index contributed by atoms with van der Waals surface area (Å²) in [6.45, 7) is 0.737. The SMILES string of the molecule is COC(=O)[C@H](C)NP(=O)(OC[C@H]1O[C@@H](n2cc(C(F)(F)F)c(=O)[nH]c2=O)CC1O)Oc1ccccc1. The molecule has 5 atom stereocenters. The molecule has 36 heavy (non-hydrogen) atoms. The molecule has 0 saturated carbocycles. The van der Waals surface area contributed by atoms with Gasteiger partial charge in [-0.3, -0.25) is 23.7 Å². The van der Waals surface area contributed by atoms with Crippen molar-refractivity contribution in [3.8, 4) is 5.75 Å². The molecule has 2 unspecified atom stereocenters. The van der Waals surface area contributed by atoms with Gasteiger partial charge in [0.05, 0.1) is 19.8 Å². The maximum absolute atomic E-state index is 13.4. The summed E-state index contributed by atoms with van der Waals surface area (Å²) in [7, 11) is -3.17. The molecule has 0 amide bonds. The Morgan fingerprint density at radius 1 is 1.33 bits per heavy atom. The number of para-hydroxylation sites is 1. The number of alkyl halides is 3. The highest BCUT2D eigenvalue weighted by Gasteiger charge is 2.41. The number of halogens is 3. The molecule has 1 aliphatic rings. The van der Waals surface area contributed by atoms with Gasteiger partial charge in [0.25, 0.3) is 5.56 Å². The van der Waals surface area contributed by atoms with Crippen LogP contribution in [0.5, 0.6) is 5.75 Å². The average molecular weight is 537 g/mol. The van der Waals surface area contributed by atoms with Gasteiger partial charge in [0.2, 0.25) is 0 Å². The minimum atomic E-state index is -5.04. The molecular weight excluding hydrogens is 514 g/mol. The number of H-pyrrole nitrogens is 1. The third-order valence-corrected chi connectivity index (χ3v) is 6.72. The number of ether oxygens (including phenoxy) is 2. The molecule has 0 spiro atoms. The monoisotopic (exact) mass is 537 g/mol. The number of rotatable bonds is 9. The van der Waals surface area contributed by atoms with Crippen LogP contribution in [0.3, 0.4) is 0 Å². The van der Waals surface area contributed by atoms with Gasteiger partial charge in [-0.05, 0) is 19.1 Å². The van der Waals surface area contributed by atoms with Gasteiger partial charge in [-0.15, -0.1) is 0 Å². The van der Waals surface area contributed by atoms with E-state index in [1.807, 2.05) is 0 Å². The molecule has 1 aromatic heterocycles. The number of carbonyl (C=O) groups is 1. The van der Waals surface area contributed by atoms with Crippen molar-refractivity contribution in [1.82, 2.24) is 14.6 Å². The fourth-order valence-electron chi connectivity index (χ4n) is 3.29. The maximum atomic E-state index is 13.4. The van der Waals surface area contributed by atoms with Crippen molar-refractivity contribution in [2.45, 2.75) is 44.0 Å². The van der Waals surface area contributed by atoms with Crippen LogP contribution in [-0.4, -0.2) is 52.6 Å². The first-order valence-corrected chi connectivity index (χ1v) is 12.0. The number of hydrogen-bond donors (Lipinski definition) is 3. The second kappa shape index (κ2) is 11.0. The van der Waals surface area contributed by atoms with Gasteiger partial charge in [0, 0.05) is 12.6 Å². The number of nitrogens with zero attached hydrogens (tertiary/aromatic N) is 1. The first-order valence-electron chi connectivity index (χ1n) is 10.4. The number of methoxy groups -OCH3 is 1.